The Morgan fingerprint density at radius 1 is 0.278 bits per heavy atom. The van der Waals surface area contributed by atoms with Crippen LogP contribution in [0.2, 0.25) is 0 Å². The minimum Gasteiger partial charge on any atom is -0.381 e. The van der Waals surface area contributed by atoms with E-state index in [4.69, 9.17) is 18.9 Å². The van der Waals surface area contributed by atoms with Crippen molar-refractivity contribution in [2.75, 3.05) is 52.9 Å². The molecule has 0 radical (unpaired) electrons. The molecule has 0 saturated carbocycles. The zero-order valence-electron chi connectivity index (χ0n) is 11.5. The summed E-state index contributed by atoms with van der Waals surface area (Å²) in [5, 5.41) is 0. The number of hydrogen-bond acceptors (Lipinski definition) is 4. The summed E-state index contributed by atoms with van der Waals surface area (Å²) in [6, 6.07) is 0. The van der Waals surface area contributed by atoms with Gasteiger partial charge in [0, 0.05) is 26.4 Å². The maximum atomic E-state index is 5.58. The Morgan fingerprint density at radius 2 is 0.556 bits per heavy atom. The molecule has 0 aromatic carbocycles. The van der Waals surface area contributed by atoms with Crippen molar-refractivity contribution < 1.29 is 18.9 Å². The van der Waals surface area contributed by atoms with Gasteiger partial charge in [0.15, 0.2) is 0 Å². The van der Waals surface area contributed by atoms with Gasteiger partial charge in [0.1, 0.15) is 0 Å². The van der Waals surface area contributed by atoms with Gasteiger partial charge in [-0.3, -0.25) is 0 Å². The van der Waals surface area contributed by atoms with Crippen LogP contribution in [0.15, 0.2) is 0 Å². The van der Waals surface area contributed by atoms with Gasteiger partial charge in [-0.05, 0) is 38.5 Å². The molecular weight excluding hydrogens is 232 g/mol. The van der Waals surface area contributed by atoms with E-state index >= 15 is 0 Å². The quantitative estimate of drug-likeness (QED) is 0.670. The van der Waals surface area contributed by atoms with Crippen LogP contribution in [-0.2, 0) is 18.9 Å². The zero-order chi connectivity index (χ0) is 12.7. The van der Waals surface area contributed by atoms with E-state index < -0.39 is 0 Å². The molecule has 18 heavy (non-hydrogen) atoms. The van der Waals surface area contributed by atoms with Crippen LogP contribution in [0.4, 0.5) is 0 Å². The Balaban J connectivity index is 2.00. The van der Waals surface area contributed by atoms with Crippen LogP contribution in [-0.4, -0.2) is 52.9 Å². The van der Waals surface area contributed by atoms with Crippen LogP contribution in [0, 0.1) is 0 Å². The lowest BCUT2D eigenvalue weighted by molar-refractivity contribution is 0.0120. The van der Waals surface area contributed by atoms with Gasteiger partial charge in [-0.1, -0.05) is 0 Å². The molecule has 0 atom stereocenters. The van der Waals surface area contributed by atoms with Gasteiger partial charge in [-0.25, -0.2) is 0 Å². The monoisotopic (exact) mass is 260 g/mol. The molecule has 0 unspecified atom stereocenters. The van der Waals surface area contributed by atoms with Crippen LogP contribution < -0.4 is 0 Å². The molecule has 1 saturated heterocycles. The average Bonchev–Trinajstić information content (AvgIpc) is 2.39. The van der Waals surface area contributed by atoms with Crippen molar-refractivity contribution in [2.45, 2.75) is 38.5 Å². The van der Waals surface area contributed by atoms with E-state index in [1.807, 2.05) is 0 Å². The molecule has 4 nitrogen and oxygen atoms in total. The summed E-state index contributed by atoms with van der Waals surface area (Å²) in [6.07, 6.45) is 6.90. The highest BCUT2D eigenvalue weighted by molar-refractivity contribution is 4.44. The Bertz CT molecular complexity index is 88.8. The van der Waals surface area contributed by atoms with Crippen molar-refractivity contribution in [1.29, 1.82) is 0 Å². The first-order valence-electron chi connectivity index (χ1n) is 7.31. The summed E-state index contributed by atoms with van der Waals surface area (Å²) < 4.78 is 21.9. The molecule has 1 fully saturated rings. The fraction of sp³-hybridized carbons (Fsp3) is 1.00. The van der Waals surface area contributed by atoms with Crippen molar-refractivity contribution in [3.05, 3.63) is 0 Å². The SMILES string of the molecule is C1CCOCCCCCOCCOCCOCC1. The zero-order valence-corrected chi connectivity index (χ0v) is 11.5. The van der Waals surface area contributed by atoms with Crippen molar-refractivity contribution >= 4 is 0 Å². The Morgan fingerprint density at radius 3 is 0.944 bits per heavy atom. The molecule has 0 aliphatic carbocycles. The first-order chi connectivity index (χ1) is 9.00. The molecule has 0 aromatic rings. The lowest BCUT2D eigenvalue weighted by Gasteiger charge is -2.08. The second-order valence-electron chi connectivity index (χ2n) is 4.57. The minimum absolute atomic E-state index is 0.673. The molecular formula is C14H28O4. The van der Waals surface area contributed by atoms with E-state index in [1.54, 1.807) is 0 Å². The molecule has 1 aliphatic rings. The third-order valence-corrected chi connectivity index (χ3v) is 2.90. The van der Waals surface area contributed by atoms with Crippen molar-refractivity contribution in [3.63, 3.8) is 0 Å². The maximum absolute atomic E-state index is 5.58. The van der Waals surface area contributed by atoms with Gasteiger partial charge in [0.05, 0.1) is 26.4 Å². The number of ether oxygens (including phenoxy) is 4. The normalized spacial score (nSPS) is 24.0. The molecule has 0 aromatic heterocycles. The first kappa shape index (κ1) is 15.9. The van der Waals surface area contributed by atoms with Gasteiger partial charge < -0.3 is 18.9 Å². The Hall–Kier alpha value is -0.160. The van der Waals surface area contributed by atoms with Crippen LogP contribution in [0.3, 0.4) is 0 Å². The van der Waals surface area contributed by atoms with Crippen LogP contribution in [0.1, 0.15) is 38.5 Å². The number of rotatable bonds is 0. The molecule has 0 bridgehead atoms. The van der Waals surface area contributed by atoms with Crippen molar-refractivity contribution in [1.82, 2.24) is 0 Å². The van der Waals surface area contributed by atoms with E-state index in [0.29, 0.717) is 26.4 Å². The minimum atomic E-state index is 0.673. The predicted octanol–water partition coefficient (Wildman–Crippen LogP) is 2.41. The second kappa shape index (κ2) is 13.3. The summed E-state index contributed by atoms with van der Waals surface area (Å²) in [5.41, 5.74) is 0. The number of hydrogen-bond donors (Lipinski definition) is 0. The second-order valence-corrected chi connectivity index (χ2v) is 4.57. The molecule has 4 heteroatoms. The Kier molecular flexibility index (Phi) is 11.7. The first-order valence-corrected chi connectivity index (χ1v) is 7.31. The smallest absolute Gasteiger partial charge is 0.0701 e. The van der Waals surface area contributed by atoms with E-state index in [2.05, 4.69) is 0 Å². The third kappa shape index (κ3) is 11.0. The average molecular weight is 260 g/mol. The van der Waals surface area contributed by atoms with Gasteiger partial charge in [-0.15, -0.1) is 0 Å². The highest BCUT2D eigenvalue weighted by Crippen LogP contribution is 2.00. The maximum Gasteiger partial charge on any atom is 0.0701 e. The largest absolute Gasteiger partial charge is 0.381 e. The third-order valence-electron chi connectivity index (χ3n) is 2.90. The van der Waals surface area contributed by atoms with E-state index in [-0.39, 0.29) is 0 Å². The van der Waals surface area contributed by atoms with E-state index in [9.17, 15) is 0 Å². The summed E-state index contributed by atoms with van der Waals surface area (Å²) in [5.74, 6) is 0. The molecule has 0 amide bonds. The molecule has 0 N–H and O–H groups in total. The standard InChI is InChI=1S/C14H28O4/c1-3-7-15-8-4-2-6-10-17-12-14-18-13-11-16-9-5-1/h1-14H2. The lowest BCUT2D eigenvalue weighted by Crippen LogP contribution is -2.10. The van der Waals surface area contributed by atoms with Crippen LogP contribution in [0.25, 0.3) is 0 Å². The van der Waals surface area contributed by atoms with E-state index in [0.717, 1.165) is 52.1 Å². The summed E-state index contributed by atoms with van der Waals surface area (Å²) in [7, 11) is 0. The Labute approximate surface area is 111 Å². The van der Waals surface area contributed by atoms with E-state index in [1.165, 1.54) is 12.8 Å². The summed E-state index contributed by atoms with van der Waals surface area (Å²) >= 11 is 0. The molecule has 1 rings (SSSR count). The topological polar surface area (TPSA) is 36.9 Å². The predicted molar refractivity (Wildman–Crippen MR) is 71.0 cm³/mol. The van der Waals surface area contributed by atoms with Crippen LogP contribution >= 0.6 is 0 Å². The molecule has 1 aliphatic heterocycles. The van der Waals surface area contributed by atoms with Crippen molar-refractivity contribution in [2.24, 2.45) is 0 Å². The van der Waals surface area contributed by atoms with Gasteiger partial charge in [0.25, 0.3) is 0 Å². The molecule has 108 valence electrons. The van der Waals surface area contributed by atoms with Gasteiger partial charge >= 0.3 is 0 Å². The molecule has 0 spiro atoms. The summed E-state index contributed by atoms with van der Waals surface area (Å²) in [6.45, 7) is 6.17. The lowest BCUT2D eigenvalue weighted by atomic mass is 10.2. The highest BCUT2D eigenvalue weighted by atomic mass is 16.5. The summed E-state index contributed by atoms with van der Waals surface area (Å²) in [4.78, 5) is 0. The van der Waals surface area contributed by atoms with Crippen molar-refractivity contribution in [3.8, 4) is 0 Å². The molecule has 1 heterocycles. The fourth-order valence-electron chi connectivity index (χ4n) is 1.81. The van der Waals surface area contributed by atoms with Gasteiger partial charge in [0.2, 0.25) is 0 Å². The fourth-order valence-corrected chi connectivity index (χ4v) is 1.81. The van der Waals surface area contributed by atoms with Crippen LogP contribution in [0.5, 0.6) is 0 Å². The highest BCUT2D eigenvalue weighted by Gasteiger charge is 1.95. The van der Waals surface area contributed by atoms with Gasteiger partial charge in [-0.2, -0.15) is 0 Å².